The van der Waals surface area contributed by atoms with Gasteiger partial charge in [-0.3, -0.25) is 0 Å². The minimum atomic E-state index is 0.889. The number of rotatable bonds is 2. The van der Waals surface area contributed by atoms with E-state index in [1.54, 1.807) is 0 Å². The second-order valence-corrected chi connectivity index (χ2v) is 4.70. The molecule has 0 amide bonds. The molecule has 1 heterocycles. The summed E-state index contributed by atoms with van der Waals surface area (Å²) in [5, 5.41) is 1.19. The van der Waals surface area contributed by atoms with E-state index in [1.165, 1.54) is 5.39 Å². The molecule has 0 spiro atoms. The van der Waals surface area contributed by atoms with Crippen molar-refractivity contribution in [1.82, 2.24) is 0 Å². The van der Waals surface area contributed by atoms with Crippen LogP contribution in [0.2, 0.25) is 0 Å². The Morgan fingerprint density at radius 1 is 1.14 bits per heavy atom. The van der Waals surface area contributed by atoms with Crippen LogP contribution in [0.25, 0.3) is 11.0 Å². The summed E-state index contributed by atoms with van der Waals surface area (Å²) in [6.45, 7) is 0.925. The minimum Gasteiger partial charge on any atom is -0.455 e. The zero-order valence-electron chi connectivity index (χ0n) is 8.95. The number of hydrogen-bond acceptors (Lipinski definition) is 1. The van der Waals surface area contributed by atoms with Gasteiger partial charge >= 0.3 is 0 Å². The summed E-state index contributed by atoms with van der Waals surface area (Å²) in [4.78, 5) is 0. The Bertz CT molecular complexity index is 404. The van der Waals surface area contributed by atoms with Crippen molar-refractivity contribution >= 4 is 11.0 Å². The Labute approximate surface area is 84.3 Å². The molecule has 2 nitrogen and oxygen atoms in total. The third-order valence-corrected chi connectivity index (χ3v) is 2.11. The fourth-order valence-corrected chi connectivity index (χ4v) is 1.58. The van der Waals surface area contributed by atoms with E-state index in [9.17, 15) is 0 Å². The molecule has 0 radical (unpaired) electrons. The van der Waals surface area contributed by atoms with Crippen molar-refractivity contribution < 1.29 is 8.90 Å². The van der Waals surface area contributed by atoms with E-state index >= 15 is 0 Å². The van der Waals surface area contributed by atoms with Crippen LogP contribution in [-0.2, 0) is 6.54 Å². The van der Waals surface area contributed by atoms with Crippen LogP contribution in [0.5, 0.6) is 0 Å². The van der Waals surface area contributed by atoms with Crippen LogP contribution < -0.4 is 0 Å². The van der Waals surface area contributed by atoms with Gasteiger partial charge in [0.15, 0.2) is 5.76 Å². The molecule has 0 aliphatic carbocycles. The summed E-state index contributed by atoms with van der Waals surface area (Å²) < 4.78 is 6.62. The summed E-state index contributed by atoms with van der Waals surface area (Å²) in [6.07, 6.45) is 0. The van der Waals surface area contributed by atoms with Crippen LogP contribution in [0.1, 0.15) is 5.76 Å². The Morgan fingerprint density at radius 2 is 1.86 bits per heavy atom. The van der Waals surface area contributed by atoms with Gasteiger partial charge in [0.05, 0.1) is 21.1 Å². The van der Waals surface area contributed by atoms with Gasteiger partial charge in [-0.1, -0.05) is 18.2 Å². The maximum absolute atomic E-state index is 5.73. The van der Waals surface area contributed by atoms with Gasteiger partial charge in [0.25, 0.3) is 0 Å². The van der Waals surface area contributed by atoms with Gasteiger partial charge in [0, 0.05) is 5.39 Å². The Morgan fingerprint density at radius 3 is 2.50 bits per heavy atom. The molecular formula is C12H16NO+. The lowest BCUT2D eigenvalue weighted by molar-refractivity contribution is -0.884. The highest BCUT2D eigenvalue weighted by molar-refractivity contribution is 5.77. The van der Waals surface area contributed by atoms with E-state index in [0.29, 0.717) is 0 Å². The van der Waals surface area contributed by atoms with Crippen LogP contribution in [0.15, 0.2) is 34.7 Å². The molecule has 2 rings (SSSR count). The highest BCUT2D eigenvalue weighted by atomic mass is 16.3. The Balaban J connectivity index is 2.36. The maximum Gasteiger partial charge on any atom is 0.159 e. The lowest BCUT2D eigenvalue weighted by Crippen LogP contribution is -2.33. The normalized spacial score (nSPS) is 12.2. The van der Waals surface area contributed by atoms with Gasteiger partial charge in [-0.05, 0) is 12.1 Å². The fourth-order valence-electron chi connectivity index (χ4n) is 1.58. The molecule has 0 saturated carbocycles. The highest BCUT2D eigenvalue weighted by Gasteiger charge is 2.12. The molecule has 1 aromatic carbocycles. The summed E-state index contributed by atoms with van der Waals surface area (Å²) in [7, 11) is 6.48. The van der Waals surface area contributed by atoms with Crippen molar-refractivity contribution in [2.75, 3.05) is 21.1 Å². The molecule has 0 unspecified atom stereocenters. The van der Waals surface area contributed by atoms with Crippen LogP contribution in [-0.4, -0.2) is 25.6 Å². The van der Waals surface area contributed by atoms with E-state index in [1.807, 2.05) is 18.2 Å². The van der Waals surface area contributed by atoms with Crippen LogP contribution >= 0.6 is 0 Å². The molecule has 0 saturated heterocycles. The number of nitrogens with zero attached hydrogens (tertiary/aromatic N) is 1. The number of fused-ring (bicyclic) bond motifs is 1. The van der Waals surface area contributed by atoms with Gasteiger partial charge < -0.3 is 8.90 Å². The van der Waals surface area contributed by atoms with Crippen molar-refractivity contribution in [3.8, 4) is 0 Å². The first-order valence-corrected chi connectivity index (χ1v) is 4.82. The number of para-hydroxylation sites is 1. The quantitative estimate of drug-likeness (QED) is 0.663. The molecule has 0 fully saturated rings. The molecule has 0 bridgehead atoms. The third kappa shape index (κ3) is 1.96. The largest absolute Gasteiger partial charge is 0.455 e. The highest BCUT2D eigenvalue weighted by Crippen LogP contribution is 2.20. The van der Waals surface area contributed by atoms with E-state index in [4.69, 9.17) is 4.42 Å². The molecule has 2 aromatic rings. The molecule has 0 aliphatic heterocycles. The number of benzene rings is 1. The molecule has 0 aliphatic rings. The van der Waals surface area contributed by atoms with Crippen LogP contribution in [0.3, 0.4) is 0 Å². The molecule has 74 valence electrons. The van der Waals surface area contributed by atoms with Crippen molar-refractivity contribution in [2.45, 2.75) is 6.54 Å². The van der Waals surface area contributed by atoms with E-state index in [-0.39, 0.29) is 0 Å². The zero-order valence-corrected chi connectivity index (χ0v) is 8.95. The molecule has 1 aromatic heterocycles. The predicted octanol–water partition coefficient (Wildman–Crippen LogP) is 2.64. The van der Waals surface area contributed by atoms with E-state index in [2.05, 4.69) is 33.3 Å². The minimum absolute atomic E-state index is 0.889. The summed E-state index contributed by atoms with van der Waals surface area (Å²) in [6, 6.07) is 10.3. The molecule has 0 N–H and O–H groups in total. The molecular weight excluding hydrogens is 174 g/mol. The lowest BCUT2D eigenvalue weighted by Gasteiger charge is -2.22. The lowest BCUT2D eigenvalue weighted by atomic mass is 10.2. The molecule has 2 heteroatoms. The predicted molar refractivity (Wildman–Crippen MR) is 58.0 cm³/mol. The monoisotopic (exact) mass is 190 g/mol. The summed E-state index contributed by atoms with van der Waals surface area (Å²) in [5.41, 5.74) is 0.982. The van der Waals surface area contributed by atoms with Gasteiger partial charge in [0.2, 0.25) is 0 Å². The van der Waals surface area contributed by atoms with Gasteiger partial charge in [0.1, 0.15) is 12.1 Å². The first-order valence-electron chi connectivity index (χ1n) is 4.82. The molecule has 0 atom stereocenters. The van der Waals surface area contributed by atoms with Gasteiger partial charge in [-0.15, -0.1) is 0 Å². The maximum atomic E-state index is 5.73. The molecule has 14 heavy (non-hydrogen) atoms. The average Bonchev–Trinajstić information content (AvgIpc) is 2.42. The second kappa shape index (κ2) is 3.14. The van der Waals surface area contributed by atoms with Crippen molar-refractivity contribution in [3.05, 3.63) is 36.1 Å². The Kier molecular flexibility index (Phi) is 2.08. The van der Waals surface area contributed by atoms with Crippen LogP contribution in [0.4, 0.5) is 0 Å². The smallest absolute Gasteiger partial charge is 0.159 e. The standard InChI is InChI=1S/C12H16NO/c1-13(2,3)9-11-8-10-6-4-5-7-12(10)14-11/h4-8H,9H2,1-3H3/q+1. The SMILES string of the molecule is C[N+](C)(C)Cc1cc2ccccc2o1. The number of furan rings is 1. The third-order valence-electron chi connectivity index (χ3n) is 2.11. The fraction of sp³-hybridized carbons (Fsp3) is 0.333. The van der Waals surface area contributed by atoms with E-state index < -0.39 is 0 Å². The second-order valence-electron chi connectivity index (χ2n) is 4.70. The number of quaternary nitrogens is 1. The number of hydrogen-bond donors (Lipinski definition) is 0. The summed E-state index contributed by atoms with van der Waals surface area (Å²) >= 11 is 0. The summed E-state index contributed by atoms with van der Waals surface area (Å²) in [5.74, 6) is 1.05. The average molecular weight is 190 g/mol. The van der Waals surface area contributed by atoms with Gasteiger partial charge in [-0.25, -0.2) is 0 Å². The topological polar surface area (TPSA) is 13.1 Å². The van der Waals surface area contributed by atoms with Crippen molar-refractivity contribution in [2.24, 2.45) is 0 Å². The van der Waals surface area contributed by atoms with Crippen molar-refractivity contribution in [3.63, 3.8) is 0 Å². The first-order chi connectivity index (χ1) is 6.54. The first kappa shape index (κ1) is 9.28. The van der Waals surface area contributed by atoms with Gasteiger partial charge in [-0.2, -0.15) is 0 Å². The zero-order chi connectivity index (χ0) is 10.2. The van der Waals surface area contributed by atoms with E-state index in [0.717, 1.165) is 22.4 Å². The Hall–Kier alpha value is -1.28. The van der Waals surface area contributed by atoms with Crippen molar-refractivity contribution in [1.29, 1.82) is 0 Å². The van der Waals surface area contributed by atoms with Crippen LogP contribution in [0, 0.1) is 0 Å².